The zero-order chi connectivity index (χ0) is 15.3. The molecule has 0 aliphatic rings. The molecule has 0 amide bonds. The lowest BCUT2D eigenvalue weighted by Crippen LogP contribution is -2.29. The van der Waals surface area contributed by atoms with Crippen molar-refractivity contribution in [1.29, 1.82) is 0 Å². The Hall–Kier alpha value is -1.30. The summed E-state index contributed by atoms with van der Waals surface area (Å²) in [5.74, 6) is 5.76. The lowest BCUT2D eigenvalue weighted by atomic mass is 9.89. The Morgan fingerprint density at radius 3 is 2.57 bits per heavy atom. The fourth-order valence-electron chi connectivity index (χ4n) is 2.39. The number of hydrazine groups is 1. The van der Waals surface area contributed by atoms with Gasteiger partial charge in [-0.1, -0.05) is 55.6 Å². The summed E-state index contributed by atoms with van der Waals surface area (Å²) in [5, 5.41) is 4.30. The largest absolute Gasteiger partial charge is 0.271 e. The third-order valence-corrected chi connectivity index (χ3v) is 4.38. The van der Waals surface area contributed by atoms with Gasteiger partial charge in [0.2, 0.25) is 0 Å². The molecule has 0 saturated heterocycles. The van der Waals surface area contributed by atoms with Crippen molar-refractivity contribution in [2.45, 2.75) is 51.5 Å². The zero-order valence-corrected chi connectivity index (χ0v) is 13.8. The van der Waals surface area contributed by atoms with Crippen LogP contribution in [0, 0.1) is 0 Å². The van der Waals surface area contributed by atoms with Gasteiger partial charge in [-0.2, -0.15) is 0 Å². The van der Waals surface area contributed by atoms with Crippen molar-refractivity contribution in [1.82, 2.24) is 15.0 Å². The molecular weight excluding hydrogens is 280 g/mol. The average molecular weight is 304 g/mol. The van der Waals surface area contributed by atoms with Gasteiger partial charge in [-0.25, -0.2) is 0 Å². The van der Waals surface area contributed by atoms with E-state index in [2.05, 4.69) is 60.0 Å². The Morgan fingerprint density at radius 2 is 1.95 bits per heavy atom. The molecule has 1 aromatic heterocycles. The molecule has 2 aromatic rings. The molecule has 0 saturated carbocycles. The summed E-state index contributed by atoms with van der Waals surface area (Å²) in [4.78, 5) is 1.16. The highest BCUT2D eigenvalue weighted by Crippen LogP contribution is 2.32. The van der Waals surface area contributed by atoms with Gasteiger partial charge in [0.05, 0.1) is 16.6 Å². The van der Waals surface area contributed by atoms with Gasteiger partial charge in [-0.15, -0.1) is 5.10 Å². The fraction of sp³-hybridized carbons (Fsp3) is 0.500. The summed E-state index contributed by atoms with van der Waals surface area (Å²) in [7, 11) is 0. The minimum absolute atomic E-state index is 0.00311. The third kappa shape index (κ3) is 4.33. The average Bonchev–Trinajstić information content (AvgIpc) is 2.94. The maximum Gasteiger partial charge on any atom is 0.0857 e. The van der Waals surface area contributed by atoms with Crippen molar-refractivity contribution in [2.24, 2.45) is 5.84 Å². The highest BCUT2D eigenvalue weighted by molar-refractivity contribution is 7.05. The van der Waals surface area contributed by atoms with Crippen LogP contribution < -0.4 is 11.3 Å². The molecule has 1 atom stereocenters. The number of nitrogens with one attached hydrogen (secondary N) is 1. The first kappa shape index (κ1) is 16.1. The molecule has 2 rings (SSSR count). The molecular formula is C16H24N4S. The molecule has 0 aliphatic carbocycles. The molecule has 0 aliphatic heterocycles. The number of aromatic nitrogens is 2. The summed E-state index contributed by atoms with van der Waals surface area (Å²) in [6, 6.07) is 10.7. The first-order valence-electron chi connectivity index (χ1n) is 7.35. The van der Waals surface area contributed by atoms with E-state index in [0.717, 1.165) is 29.8 Å². The van der Waals surface area contributed by atoms with Gasteiger partial charge < -0.3 is 0 Å². The van der Waals surface area contributed by atoms with Gasteiger partial charge >= 0.3 is 0 Å². The minimum Gasteiger partial charge on any atom is -0.271 e. The molecule has 3 N–H and O–H groups in total. The van der Waals surface area contributed by atoms with E-state index < -0.39 is 0 Å². The Labute approximate surface area is 130 Å². The highest BCUT2D eigenvalue weighted by atomic mass is 32.1. The molecule has 1 aromatic carbocycles. The number of hydrogen-bond donors (Lipinski definition) is 2. The number of nitrogens with zero attached hydrogens (tertiary/aromatic N) is 2. The Morgan fingerprint density at radius 1 is 1.24 bits per heavy atom. The predicted molar refractivity (Wildman–Crippen MR) is 88.1 cm³/mol. The smallest absolute Gasteiger partial charge is 0.0857 e. The third-order valence-electron chi connectivity index (χ3n) is 3.54. The molecule has 4 nitrogen and oxygen atoms in total. The van der Waals surface area contributed by atoms with Crippen LogP contribution in [-0.2, 0) is 11.8 Å². The Kier molecular flexibility index (Phi) is 5.45. The Balaban J connectivity index is 1.99. The van der Waals surface area contributed by atoms with Gasteiger partial charge in [0.15, 0.2) is 0 Å². The van der Waals surface area contributed by atoms with E-state index in [1.54, 1.807) is 0 Å². The highest BCUT2D eigenvalue weighted by Gasteiger charge is 2.26. The first-order chi connectivity index (χ1) is 10.0. The summed E-state index contributed by atoms with van der Waals surface area (Å²) in [6.07, 6.45) is 3.13. The molecule has 0 radical (unpaired) electrons. The maximum atomic E-state index is 5.76. The van der Waals surface area contributed by atoms with Crippen LogP contribution in [0.1, 0.15) is 55.8 Å². The summed E-state index contributed by atoms with van der Waals surface area (Å²) >= 11 is 1.45. The molecule has 0 spiro atoms. The van der Waals surface area contributed by atoms with Gasteiger partial charge in [0, 0.05) is 5.41 Å². The monoisotopic (exact) mass is 304 g/mol. The summed E-state index contributed by atoms with van der Waals surface area (Å²) in [6.45, 7) is 6.47. The van der Waals surface area contributed by atoms with E-state index >= 15 is 0 Å². The summed E-state index contributed by atoms with van der Waals surface area (Å²) in [5.41, 5.74) is 5.35. The molecule has 0 fully saturated rings. The van der Waals surface area contributed by atoms with Crippen LogP contribution in [0.2, 0.25) is 0 Å². The van der Waals surface area contributed by atoms with E-state index in [1.807, 2.05) is 6.07 Å². The minimum atomic E-state index is -0.00311. The molecule has 1 heterocycles. The SMILES string of the molecule is CC(C)(C)c1nnsc1C(CCCc1ccccc1)NN. The van der Waals surface area contributed by atoms with Crippen LogP contribution in [0.25, 0.3) is 0 Å². The van der Waals surface area contributed by atoms with Crippen LogP contribution in [0.5, 0.6) is 0 Å². The van der Waals surface area contributed by atoms with Crippen LogP contribution in [0.15, 0.2) is 30.3 Å². The van der Waals surface area contributed by atoms with Crippen molar-refractivity contribution in [2.75, 3.05) is 0 Å². The summed E-state index contributed by atoms with van der Waals surface area (Å²) < 4.78 is 4.12. The quantitative estimate of drug-likeness (QED) is 0.634. The van der Waals surface area contributed by atoms with Gasteiger partial charge in [-0.05, 0) is 36.4 Å². The second-order valence-corrected chi connectivity index (χ2v) is 7.12. The number of nitrogens with two attached hydrogens (primary N) is 1. The first-order valence-corrected chi connectivity index (χ1v) is 8.12. The van der Waals surface area contributed by atoms with Crippen LogP contribution >= 0.6 is 11.5 Å². The topological polar surface area (TPSA) is 63.8 Å². The number of rotatable bonds is 6. The van der Waals surface area contributed by atoms with E-state index in [1.165, 1.54) is 17.1 Å². The zero-order valence-electron chi connectivity index (χ0n) is 13.0. The Bertz CT molecular complexity index is 545. The van der Waals surface area contributed by atoms with E-state index in [4.69, 9.17) is 5.84 Å². The number of benzene rings is 1. The lowest BCUT2D eigenvalue weighted by Gasteiger charge is -2.21. The second kappa shape index (κ2) is 7.11. The predicted octanol–water partition coefficient (Wildman–Crippen LogP) is 3.36. The van der Waals surface area contributed by atoms with Crippen LogP contribution in [0.4, 0.5) is 0 Å². The molecule has 21 heavy (non-hydrogen) atoms. The van der Waals surface area contributed by atoms with Crippen molar-refractivity contribution < 1.29 is 0 Å². The van der Waals surface area contributed by atoms with Crippen molar-refractivity contribution in [3.8, 4) is 0 Å². The standard InChI is InChI=1S/C16H24N4S/c1-16(2,3)15-14(21-20-19-15)13(18-17)11-7-10-12-8-5-4-6-9-12/h4-6,8-9,13,18H,7,10-11,17H2,1-3H3. The van der Waals surface area contributed by atoms with E-state index in [-0.39, 0.29) is 11.5 Å². The maximum absolute atomic E-state index is 5.76. The lowest BCUT2D eigenvalue weighted by molar-refractivity contribution is 0.482. The molecule has 1 unspecified atom stereocenters. The fourth-order valence-corrected chi connectivity index (χ4v) is 3.35. The van der Waals surface area contributed by atoms with E-state index in [9.17, 15) is 0 Å². The normalized spacial score (nSPS) is 13.3. The second-order valence-electron chi connectivity index (χ2n) is 6.33. The van der Waals surface area contributed by atoms with Crippen molar-refractivity contribution >= 4 is 11.5 Å². The number of hydrogen-bond acceptors (Lipinski definition) is 5. The van der Waals surface area contributed by atoms with Crippen molar-refractivity contribution in [3.63, 3.8) is 0 Å². The van der Waals surface area contributed by atoms with Gasteiger partial charge in [-0.3, -0.25) is 11.3 Å². The van der Waals surface area contributed by atoms with Gasteiger partial charge in [0.1, 0.15) is 0 Å². The van der Waals surface area contributed by atoms with Crippen LogP contribution in [0.3, 0.4) is 0 Å². The molecule has 5 heteroatoms. The molecule has 114 valence electrons. The molecule has 0 bridgehead atoms. The van der Waals surface area contributed by atoms with Gasteiger partial charge in [0.25, 0.3) is 0 Å². The van der Waals surface area contributed by atoms with E-state index in [0.29, 0.717) is 0 Å². The number of aryl methyl sites for hydroxylation is 1. The van der Waals surface area contributed by atoms with Crippen molar-refractivity contribution in [3.05, 3.63) is 46.5 Å². The van der Waals surface area contributed by atoms with Crippen LogP contribution in [-0.4, -0.2) is 9.59 Å².